The van der Waals surface area contributed by atoms with Crippen molar-refractivity contribution in [1.29, 1.82) is 0 Å². The number of carbonyl (C=O) groups is 1. The summed E-state index contributed by atoms with van der Waals surface area (Å²) in [4.78, 5) is 19.1. The molecule has 0 radical (unpaired) electrons. The normalized spacial score (nSPS) is 14.2. The van der Waals surface area contributed by atoms with Crippen LogP contribution in [0.1, 0.15) is 22.3 Å². The third kappa shape index (κ3) is 4.00. The van der Waals surface area contributed by atoms with Crippen LogP contribution in [0.5, 0.6) is 0 Å². The highest BCUT2D eigenvalue weighted by Gasteiger charge is 2.27. The summed E-state index contributed by atoms with van der Waals surface area (Å²) in [6.07, 6.45) is 0. The lowest BCUT2D eigenvalue weighted by molar-refractivity contribution is 0.259. The van der Waals surface area contributed by atoms with E-state index in [1.165, 1.54) is 11.1 Å². The van der Waals surface area contributed by atoms with Gasteiger partial charge in [-0.2, -0.15) is 4.99 Å². The van der Waals surface area contributed by atoms with Gasteiger partial charge in [-0.15, -0.1) is 0 Å². The van der Waals surface area contributed by atoms with Crippen LogP contribution in [0.3, 0.4) is 0 Å². The number of hydrogen-bond donors (Lipinski definition) is 1. The third-order valence-electron chi connectivity index (χ3n) is 5.02. The highest BCUT2D eigenvalue weighted by molar-refractivity contribution is 6.42. The fourth-order valence-electron chi connectivity index (χ4n) is 3.32. The fraction of sp³-hybridized carbons (Fsp3) is 0.130. The van der Waals surface area contributed by atoms with E-state index in [2.05, 4.69) is 53.3 Å². The number of benzene rings is 3. The van der Waals surface area contributed by atoms with Crippen LogP contribution in [0, 0.1) is 13.8 Å². The lowest BCUT2D eigenvalue weighted by Gasteiger charge is -2.20. The van der Waals surface area contributed by atoms with Crippen LogP contribution in [0.15, 0.2) is 65.7 Å². The molecule has 0 unspecified atom stereocenters. The Kier molecular flexibility index (Phi) is 5.31. The Morgan fingerprint density at radius 2 is 1.76 bits per heavy atom. The topological polar surface area (TPSA) is 44.7 Å². The number of aliphatic imine (C=N–C) groups is 1. The Morgan fingerprint density at radius 1 is 0.966 bits per heavy atom. The maximum atomic E-state index is 12.7. The molecule has 0 saturated carbocycles. The van der Waals surface area contributed by atoms with Crippen molar-refractivity contribution in [2.45, 2.75) is 20.4 Å². The van der Waals surface area contributed by atoms with Crippen molar-refractivity contribution in [2.75, 3.05) is 10.2 Å². The second-order valence-electron chi connectivity index (χ2n) is 7.01. The molecular weight excluding hydrogens is 405 g/mol. The molecule has 0 bridgehead atoms. The molecular formula is C23H19Cl2N3O. The average molecular weight is 424 g/mol. The van der Waals surface area contributed by atoms with E-state index in [9.17, 15) is 4.79 Å². The van der Waals surface area contributed by atoms with Crippen LogP contribution in [0.2, 0.25) is 10.0 Å². The molecule has 0 spiro atoms. The van der Waals surface area contributed by atoms with Crippen molar-refractivity contribution in [2.24, 2.45) is 4.99 Å². The number of nitrogens with zero attached hydrogens (tertiary/aromatic N) is 2. The minimum absolute atomic E-state index is 0.375. The predicted molar refractivity (Wildman–Crippen MR) is 121 cm³/mol. The molecule has 6 heteroatoms. The first-order valence-corrected chi connectivity index (χ1v) is 9.96. The largest absolute Gasteiger partial charge is 0.347 e. The lowest BCUT2D eigenvalue weighted by Crippen LogP contribution is -2.26. The zero-order valence-corrected chi connectivity index (χ0v) is 17.6. The van der Waals surface area contributed by atoms with Crippen molar-refractivity contribution < 1.29 is 4.79 Å². The quantitative estimate of drug-likeness (QED) is 0.503. The summed E-state index contributed by atoms with van der Waals surface area (Å²) < 4.78 is 0. The summed E-state index contributed by atoms with van der Waals surface area (Å²) in [6, 6.07) is 18.7. The van der Waals surface area contributed by atoms with Crippen LogP contribution in [-0.2, 0) is 6.54 Å². The van der Waals surface area contributed by atoms with Gasteiger partial charge < -0.3 is 10.2 Å². The predicted octanol–water partition coefficient (Wildman–Crippen LogP) is 6.61. The van der Waals surface area contributed by atoms with Crippen LogP contribution in [0.25, 0.3) is 0 Å². The molecule has 0 atom stereocenters. The zero-order valence-electron chi connectivity index (χ0n) is 16.0. The number of hydrogen-bond acceptors (Lipinski definition) is 1. The molecule has 1 heterocycles. The Bertz CT molecular complexity index is 1140. The standard InChI is InChI=1S/C23H19Cl2N3O/c1-14-7-9-18(11-15(14)2)28-13-16-5-3-4-6-19(16)22(28)27-23(29)26-17-8-10-20(24)21(25)12-17/h3-12H,13H2,1-2H3,(H,26,29)/b27-22+. The first kappa shape index (κ1) is 19.5. The molecule has 4 rings (SSSR count). The number of rotatable bonds is 2. The number of amides is 2. The van der Waals surface area contributed by atoms with Gasteiger partial charge in [0.25, 0.3) is 0 Å². The molecule has 3 aromatic carbocycles. The summed E-state index contributed by atoms with van der Waals surface area (Å²) in [5.41, 5.74) is 6.05. The minimum atomic E-state index is -0.469. The number of nitrogens with one attached hydrogen (secondary N) is 1. The average Bonchev–Trinajstić information content (AvgIpc) is 3.05. The number of urea groups is 1. The smallest absolute Gasteiger partial charge is 0.321 e. The highest BCUT2D eigenvalue weighted by Crippen LogP contribution is 2.30. The third-order valence-corrected chi connectivity index (χ3v) is 5.76. The number of halogens is 2. The lowest BCUT2D eigenvalue weighted by atomic mass is 10.1. The molecule has 3 aromatic rings. The second-order valence-corrected chi connectivity index (χ2v) is 7.82. The summed E-state index contributed by atoms with van der Waals surface area (Å²) in [6.45, 7) is 4.82. The molecule has 29 heavy (non-hydrogen) atoms. The van der Waals surface area contributed by atoms with E-state index in [-0.39, 0.29) is 0 Å². The summed E-state index contributed by atoms with van der Waals surface area (Å²) >= 11 is 12.0. The van der Waals surface area contributed by atoms with Gasteiger partial charge >= 0.3 is 6.03 Å². The molecule has 0 aromatic heterocycles. The Hall–Kier alpha value is -2.82. The Balaban J connectivity index is 1.69. The van der Waals surface area contributed by atoms with Crippen LogP contribution >= 0.6 is 23.2 Å². The van der Waals surface area contributed by atoms with E-state index in [1.807, 2.05) is 18.2 Å². The van der Waals surface area contributed by atoms with Crippen molar-refractivity contribution >= 4 is 46.4 Å². The van der Waals surface area contributed by atoms with Gasteiger partial charge in [0.15, 0.2) is 0 Å². The number of amidine groups is 1. The van der Waals surface area contributed by atoms with Crippen molar-refractivity contribution in [3.05, 3.63) is 93.0 Å². The monoisotopic (exact) mass is 423 g/mol. The SMILES string of the molecule is Cc1ccc(N2Cc3ccccc3/C2=N\C(=O)Nc2ccc(Cl)c(Cl)c2)cc1C. The van der Waals surface area contributed by atoms with E-state index in [1.54, 1.807) is 18.2 Å². The minimum Gasteiger partial charge on any atom is -0.321 e. The van der Waals surface area contributed by atoms with Crippen molar-refractivity contribution in [3.8, 4) is 0 Å². The number of carbonyl (C=O) groups excluding carboxylic acids is 1. The van der Waals surface area contributed by atoms with E-state index in [0.717, 1.165) is 16.8 Å². The van der Waals surface area contributed by atoms with Crippen LogP contribution < -0.4 is 10.2 Å². The second kappa shape index (κ2) is 7.90. The van der Waals surface area contributed by atoms with E-state index < -0.39 is 6.03 Å². The van der Waals surface area contributed by atoms with E-state index in [0.29, 0.717) is 28.1 Å². The number of anilines is 2. The summed E-state index contributed by atoms with van der Waals surface area (Å²) in [7, 11) is 0. The molecule has 1 aliphatic rings. The van der Waals surface area contributed by atoms with Gasteiger partial charge in [0.1, 0.15) is 5.84 Å². The Morgan fingerprint density at radius 3 is 2.52 bits per heavy atom. The Labute approximate surface area is 179 Å². The molecule has 1 aliphatic heterocycles. The van der Waals surface area contributed by atoms with E-state index >= 15 is 0 Å². The first-order valence-electron chi connectivity index (χ1n) is 9.20. The number of aryl methyl sites for hydroxylation is 2. The van der Waals surface area contributed by atoms with Gasteiger partial charge in [0, 0.05) is 16.9 Å². The maximum absolute atomic E-state index is 12.7. The molecule has 1 N–H and O–H groups in total. The molecule has 2 amide bonds. The van der Waals surface area contributed by atoms with Gasteiger partial charge in [-0.05, 0) is 60.9 Å². The molecule has 0 saturated heterocycles. The van der Waals surface area contributed by atoms with Gasteiger partial charge in [0.05, 0.1) is 16.6 Å². The highest BCUT2D eigenvalue weighted by atomic mass is 35.5. The molecule has 0 aliphatic carbocycles. The maximum Gasteiger partial charge on any atom is 0.347 e. The first-order chi connectivity index (χ1) is 13.9. The van der Waals surface area contributed by atoms with Gasteiger partial charge in [-0.3, -0.25) is 0 Å². The van der Waals surface area contributed by atoms with Crippen LogP contribution in [0.4, 0.5) is 16.2 Å². The van der Waals surface area contributed by atoms with Crippen molar-refractivity contribution in [1.82, 2.24) is 0 Å². The van der Waals surface area contributed by atoms with Crippen molar-refractivity contribution in [3.63, 3.8) is 0 Å². The molecule has 4 nitrogen and oxygen atoms in total. The van der Waals surface area contributed by atoms with Gasteiger partial charge in [-0.25, -0.2) is 4.79 Å². The molecule has 0 fully saturated rings. The summed E-state index contributed by atoms with van der Waals surface area (Å²) in [5.74, 6) is 0.626. The fourth-order valence-corrected chi connectivity index (χ4v) is 3.61. The zero-order chi connectivity index (χ0) is 20.5. The van der Waals surface area contributed by atoms with Gasteiger partial charge in [-0.1, -0.05) is 53.5 Å². The number of fused-ring (bicyclic) bond motifs is 1. The molecule has 146 valence electrons. The van der Waals surface area contributed by atoms with E-state index in [4.69, 9.17) is 23.2 Å². The van der Waals surface area contributed by atoms with Gasteiger partial charge in [0.2, 0.25) is 0 Å². The summed E-state index contributed by atoms with van der Waals surface area (Å²) in [5, 5.41) is 3.57. The van der Waals surface area contributed by atoms with Crippen LogP contribution in [-0.4, -0.2) is 11.9 Å².